The quantitative estimate of drug-likeness (QED) is 0.729. The van der Waals surface area contributed by atoms with Gasteiger partial charge in [-0.2, -0.15) is 0 Å². The molecule has 23 heavy (non-hydrogen) atoms. The van der Waals surface area contributed by atoms with Gasteiger partial charge >= 0.3 is 0 Å². The van der Waals surface area contributed by atoms with Crippen molar-refractivity contribution in [2.24, 2.45) is 0 Å². The second-order valence-electron chi connectivity index (χ2n) is 5.22. The fraction of sp³-hybridized carbons (Fsp3) is 0.222. The van der Waals surface area contributed by atoms with E-state index in [1.807, 2.05) is 29.2 Å². The van der Waals surface area contributed by atoms with Gasteiger partial charge in [0.2, 0.25) is 0 Å². The largest absolute Gasteiger partial charge is 0.395 e. The molecule has 1 heterocycles. The lowest BCUT2D eigenvalue weighted by Crippen LogP contribution is -2.30. The van der Waals surface area contributed by atoms with Crippen LogP contribution in [-0.4, -0.2) is 46.5 Å². The van der Waals surface area contributed by atoms with Gasteiger partial charge in [0, 0.05) is 18.7 Å². The normalized spacial score (nSPS) is 10.9. The Kier molecular flexibility index (Phi) is 4.80. The molecule has 3 rings (SSSR count). The van der Waals surface area contributed by atoms with E-state index in [9.17, 15) is 10.2 Å². The number of aromatic nitrogens is 2. The molecular weight excluding hydrogens is 290 g/mol. The summed E-state index contributed by atoms with van der Waals surface area (Å²) >= 11 is 0. The first kappa shape index (κ1) is 15.4. The zero-order valence-electron chi connectivity index (χ0n) is 12.8. The van der Waals surface area contributed by atoms with Crippen LogP contribution in [0.1, 0.15) is 0 Å². The SMILES string of the molecule is OCCN(CCO)c1cncc(-c2cccc3ccccc23)n1. The molecule has 0 aliphatic heterocycles. The number of hydrogen-bond acceptors (Lipinski definition) is 5. The number of aliphatic hydroxyl groups is 2. The molecular formula is C18H19N3O2. The van der Waals surface area contributed by atoms with Crippen LogP contribution >= 0.6 is 0 Å². The van der Waals surface area contributed by atoms with E-state index in [0.29, 0.717) is 18.9 Å². The number of benzene rings is 2. The van der Waals surface area contributed by atoms with E-state index in [0.717, 1.165) is 22.0 Å². The summed E-state index contributed by atoms with van der Waals surface area (Å²) < 4.78 is 0. The number of anilines is 1. The highest BCUT2D eigenvalue weighted by Crippen LogP contribution is 2.27. The zero-order valence-corrected chi connectivity index (χ0v) is 12.8. The average Bonchev–Trinajstić information content (AvgIpc) is 2.61. The predicted molar refractivity (Wildman–Crippen MR) is 91.4 cm³/mol. The van der Waals surface area contributed by atoms with Crippen molar-refractivity contribution in [1.82, 2.24) is 9.97 Å². The molecule has 0 spiro atoms. The maximum absolute atomic E-state index is 9.18. The Labute approximate surface area is 134 Å². The molecule has 1 aromatic heterocycles. The number of nitrogens with zero attached hydrogens (tertiary/aromatic N) is 3. The van der Waals surface area contributed by atoms with Crippen LogP contribution in [0.25, 0.3) is 22.0 Å². The minimum Gasteiger partial charge on any atom is -0.395 e. The summed E-state index contributed by atoms with van der Waals surface area (Å²) in [5.41, 5.74) is 1.80. The van der Waals surface area contributed by atoms with Crippen LogP contribution in [0.2, 0.25) is 0 Å². The third-order valence-electron chi connectivity index (χ3n) is 3.75. The van der Waals surface area contributed by atoms with E-state index in [4.69, 9.17) is 0 Å². The van der Waals surface area contributed by atoms with Crippen LogP contribution in [0.5, 0.6) is 0 Å². The molecule has 0 amide bonds. The molecule has 5 nitrogen and oxygen atoms in total. The summed E-state index contributed by atoms with van der Waals surface area (Å²) in [5.74, 6) is 0.651. The first-order valence-electron chi connectivity index (χ1n) is 7.60. The summed E-state index contributed by atoms with van der Waals surface area (Å²) in [6.07, 6.45) is 3.39. The van der Waals surface area contributed by atoms with E-state index in [1.165, 1.54) is 0 Å². The zero-order chi connectivity index (χ0) is 16.1. The maximum Gasteiger partial charge on any atom is 0.147 e. The molecule has 0 saturated carbocycles. The van der Waals surface area contributed by atoms with Gasteiger partial charge in [0.1, 0.15) is 5.82 Å². The van der Waals surface area contributed by atoms with Gasteiger partial charge in [0.25, 0.3) is 0 Å². The Morgan fingerprint density at radius 1 is 0.870 bits per heavy atom. The van der Waals surface area contributed by atoms with E-state index in [2.05, 4.69) is 28.2 Å². The Morgan fingerprint density at radius 3 is 2.39 bits per heavy atom. The average molecular weight is 309 g/mol. The summed E-state index contributed by atoms with van der Waals surface area (Å²) in [7, 11) is 0. The highest BCUT2D eigenvalue weighted by molar-refractivity contribution is 5.95. The van der Waals surface area contributed by atoms with Crippen molar-refractivity contribution in [2.45, 2.75) is 0 Å². The number of hydrogen-bond donors (Lipinski definition) is 2. The van der Waals surface area contributed by atoms with Crippen molar-refractivity contribution >= 4 is 16.6 Å². The molecule has 3 aromatic rings. The van der Waals surface area contributed by atoms with Crippen LogP contribution in [0, 0.1) is 0 Å². The summed E-state index contributed by atoms with van der Waals surface area (Å²) in [6.45, 7) is 0.822. The lowest BCUT2D eigenvalue weighted by molar-refractivity contribution is 0.280. The summed E-state index contributed by atoms with van der Waals surface area (Å²) in [6, 6.07) is 14.3. The van der Waals surface area contributed by atoms with Gasteiger partial charge < -0.3 is 15.1 Å². The predicted octanol–water partition coefficient (Wildman–Crippen LogP) is 2.09. The first-order chi connectivity index (χ1) is 11.3. The highest BCUT2D eigenvalue weighted by Gasteiger charge is 2.10. The standard InChI is InChI=1S/C18H19N3O2/c22-10-8-21(9-11-23)18-13-19-12-17(20-18)16-7-3-5-14-4-1-2-6-15(14)16/h1-7,12-13,22-23H,8-11H2. The van der Waals surface area contributed by atoms with Gasteiger partial charge in [0.15, 0.2) is 0 Å². The van der Waals surface area contributed by atoms with Gasteiger partial charge in [-0.05, 0) is 10.8 Å². The van der Waals surface area contributed by atoms with Gasteiger partial charge in [0.05, 0.1) is 31.3 Å². The van der Waals surface area contributed by atoms with Crippen molar-refractivity contribution < 1.29 is 10.2 Å². The Bertz CT molecular complexity index is 781. The Morgan fingerprint density at radius 2 is 1.61 bits per heavy atom. The van der Waals surface area contributed by atoms with Crippen LogP contribution in [0.3, 0.4) is 0 Å². The van der Waals surface area contributed by atoms with Crippen molar-refractivity contribution in [3.63, 3.8) is 0 Å². The lowest BCUT2D eigenvalue weighted by Gasteiger charge is -2.21. The molecule has 0 unspecified atom stereocenters. The van der Waals surface area contributed by atoms with Crippen molar-refractivity contribution in [3.8, 4) is 11.3 Å². The van der Waals surface area contributed by atoms with Crippen LogP contribution < -0.4 is 4.90 Å². The molecule has 0 bridgehead atoms. The van der Waals surface area contributed by atoms with Crippen molar-refractivity contribution in [1.29, 1.82) is 0 Å². The topological polar surface area (TPSA) is 69.5 Å². The highest BCUT2D eigenvalue weighted by atomic mass is 16.3. The molecule has 0 atom stereocenters. The van der Waals surface area contributed by atoms with E-state index >= 15 is 0 Å². The third kappa shape index (κ3) is 3.31. The molecule has 0 fully saturated rings. The van der Waals surface area contributed by atoms with Gasteiger partial charge in [-0.3, -0.25) is 4.98 Å². The monoisotopic (exact) mass is 309 g/mol. The van der Waals surface area contributed by atoms with Crippen LogP contribution in [0.4, 0.5) is 5.82 Å². The number of aliphatic hydroxyl groups excluding tert-OH is 2. The first-order valence-corrected chi connectivity index (χ1v) is 7.60. The fourth-order valence-corrected chi connectivity index (χ4v) is 2.67. The minimum absolute atomic E-state index is 0.000174. The molecule has 118 valence electrons. The molecule has 2 aromatic carbocycles. The Balaban J connectivity index is 2.04. The van der Waals surface area contributed by atoms with Gasteiger partial charge in [-0.25, -0.2) is 4.98 Å². The summed E-state index contributed by atoms with van der Waals surface area (Å²) in [4.78, 5) is 10.8. The van der Waals surface area contributed by atoms with Crippen molar-refractivity contribution in [3.05, 3.63) is 54.9 Å². The second kappa shape index (κ2) is 7.17. The van der Waals surface area contributed by atoms with Crippen molar-refractivity contribution in [2.75, 3.05) is 31.2 Å². The maximum atomic E-state index is 9.18. The second-order valence-corrected chi connectivity index (χ2v) is 5.22. The van der Waals surface area contributed by atoms with E-state index in [-0.39, 0.29) is 13.2 Å². The fourth-order valence-electron chi connectivity index (χ4n) is 2.67. The number of fused-ring (bicyclic) bond motifs is 1. The number of rotatable bonds is 6. The molecule has 0 aliphatic carbocycles. The molecule has 0 aliphatic rings. The molecule has 5 heteroatoms. The van der Waals surface area contributed by atoms with Crippen LogP contribution in [-0.2, 0) is 0 Å². The van der Waals surface area contributed by atoms with Gasteiger partial charge in [-0.1, -0.05) is 42.5 Å². The summed E-state index contributed by atoms with van der Waals surface area (Å²) in [5, 5.41) is 20.6. The Hall–Kier alpha value is -2.50. The lowest BCUT2D eigenvalue weighted by atomic mass is 10.0. The minimum atomic E-state index is 0.000174. The van der Waals surface area contributed by atoms with E-state index in [1.54, 1.807) is 12.4 Å². The molecule has 0 saturated heterocycles. The molecule has 0 radical (unpaired) electrons. The molecule has 2 N–H and O–H groups in total. The van der Waals surface area contributed by atoms with E-state index < -0.39 is 0 Å². The van der Waals surface area contributed by atoms with Gasteiger partial charge in [-0.15, -0.1) is 0 Å². The smallest absolute Gasteiger partial charge is 0.147 e. The third-order valence-corrected chi connectivity index (χ3v) is 3.75. The van der Waals surface area contributed by atoms with Crippen LogP contribution in [0.15, 0.2) is 54.9 Å².